The molecule has 0 saturated heterocycles. The molecule has 0 aliphatic rings. The Balaban J connectivity index is 2.11. The molecule has 1 N–H and O–H groups in total. The fraction of sp³-hybridized carbons (Fsp3) is 0.125. The maximum absolute atomic E-state index is 10.9. The molecule has 3 heteroatoms. The van der Waals surface area contributed by atoms with Gasteiger partial charge in [-0.3, -0.25) is 0 Å². The SMILES string of the molecule is CC(C(=O)O)[n+]1ccc(/C=C/c2ccccc2)cc1. The summed E-state index contributed by atoms with van der Waals surface area (Å²) in [6.45, 7) is 1.65. The van der Waals surface area contributed by atoms with E-state index >= 15 is 0 Å². The van der Waals surface area contributed by atoms with Gasteiger partial charge in [-0.2, -0.15) is 4.57 Å². The monoisotopic (exact) mass is 254 g/mol. The number of benzene rings is 1. The van der Waals surface area contributed by atoms with E-state index in [1.165, 1.54) is 0 Å². The number of carboxylic acids is 1. The maximum Gasteiger partial charge on any atom is 0.373 e. The lowest BCUT2D eigenvalue weighted by molar-refractivity contribution is -0.707. The molecule has 0 aliphatic carbocycles. The van der Waals surface area contributed by atoms with E-state index in [1.807, 2.05) is 54.6 Å². The Bertz CT molecular complexity index is 573. The summed E-state index contributed by atoms with van der Waals surface area (Å²) in [5, 5.41) is 8.92. The van der Waals surface area contributed by atoms with Crippen LogP contribution in [0.2, 0.25) is 0 Å². The van der Waals surface area contributed by atoms with E-state index in [9.17, 15) is 4.79 Å². The lowest BCUT2D eigenvalue weighted by atomic mass is 10.1. The quantitative estimate of drug-likeness (QED) is 0.852. The fourth-order valence-corrected chi connectivity index (χ4v) is 1.70. The van der Waals surface area contributed by atoms with Crippen LogP contribution in [0.15, 0.2) is 54.9 Å². The lowest BCUT2D eigenvalue weighted by Crippen LogP contribution is -2.41. The number of aromatic nitrogens is 1. The molecule has 1 atom stereocenters. The van der Waals surface area contributed by atoms with Crippen molar-refractivity contribution in [2.24, 2.45) is 0 Å². The summed E-state index contributed by atoms with van der Waals surface area (Å²) in [4.78, 5) is 10.9. The van der Waals surface area contributed by atoms with Crippen molar-refractivity contribution in [1.29, 1.82) is 0 Å². The zero-order chi connectivity index (χ0) is 13.7. The number of nitrogens with zero attached hydrogens (tertiary/aromatic N) is 1. The molecule has 0 aliphatic heterocycles. The molecule has 0 radical (unpaired) electrons. The first kappa shape index (κ1) is 13.0. The third kappa shape index (κ3) is 3.52. The van der Waals surface area contributed by atoms with Crippen LogP contribution in [0, 0.1) is 0 Å². The predicted octanol–water partition coefficient (Wildman–Crippen LogP) is 2.79. The van der Waals surface area contributed by atoms with Crippen LogP contribution in [-0.2, 0) is 4.79 Å². The molecule has 2 rings (SSSR count). The van der Waals surface area contributed by atoms with Gasteiger partial charge in [0.2, 0.25) is 0 Å². The summed E-state index contributed by atoms with van der Waals surface area (Å²) in [6.07, 6.45) is 7.60. The molecule has 1 heterocycles. The summed E-state index contributed by atoms with van der Waals surface area (Å²) in [5.74, 6) is -0.836. The summed E-state index contributed by atoms with van der Waals surface area (Å²) >= 11 is 0. The molecule has 19 heavy (non-hydrogen) atoms. The van der Waals surface area contributed by atoms with Crippen molar-refractivity contribution in [3.05, 3.63) is 66.0 Å². The molecular weight excluding hydrogens is 238 g/mol. The van der Waals surface area contributed by atoms with Crippen LogP contribution in [0.5, 0.6) is 0 Å². The largest absolute Gasteiger partial charge is 0.476 e. The van der Waals surface area contributed by atoms with Crippen LogP contribution >= 0.6 is 0 Å². The average molecular weight is 254 g/mol. The van der Waals surface area contributed by atoms with Gasteiger partial charge >= 0.3 is 5.97 Å². The van der Waals surface area contributed by atoms with E-state index in [0.717, 1.165) is 11.1 Å². The minimum absolute atomic E-state index is 0.549. The Kier molecular flexibility index (Phi) is 4.08. The molecule has 0 saturated carbocycles. The highest BCUT2D eigenvalue weighted by Gasteiger charge is 2.19. The molecule has 96 valence electrons. The molecule has 0 amide bonds. The Morgan fingerprint density at radius 1 is 1.05 bits per heavy atom. The van der Waals surface area contributed by atoms with Crippen molar-refractivity contribution < 1.29 is 14.5 Å². The second-order valence-corrected chi connectivity index (χ2v) is 4.34. The topological polar surface area (TPSA) is 41.2 Å². The van der Waals surface area contributed by atoms with Crippen LogP contribution in [-0.4, -0.2) is 11.1 Å². The molecule has 3 nitrogen and oxygen atoms in total. The van der Waals surface area contributed by atoms with Crippen LogP contribution in [0.4, 0.5) is 0 Å². The standard InChI is InChI=1S/C16H15NO2/c1-13(16(18)19)17-11-9-15(10-12-17)8-7-14-5-3-2-4-6-14/h2-13H,1H3/p+1/b8-7+. The van der Waals surface area contributed by atoms with Crippen LogP contribution in [0.3, 0.4) is 0 Å². The fourth-order valence-electron chi connectivity index (χ4n) is 1.70. The van der Waals surface area contributed by atoms with Crippen molar-refractivity contribution in [2.75, 3.05) is 0 Å². The van der Waals surface area contributed by atoms with Crippen molar-refractivity contribution >= 4 is 18.1 Å². The van der Waals surface area contributed by atoms with Crippen molar-refractivity contribution in [1.82, 2.24) is 0 Å². The van der Waals surface area contributed by atoms with Gasteiger partial charge < -0.3 is 5.11 Å². The Morgan fingerprint density at radius 3 is 2.11 bits per heavy atom. The summed E-state index contributed by atoms with van der Waals surface area (Å²) in [5.41, 5.74) is 2.18. The highest BCUT2D eigenvalue weighted by atomic mass is 16.4. The second kappa shape index (κ2) is 5.96. The van der Waals surface area contributed by atoms with Gasteiger partial charge in [-0.1, -0.05) is 42.5 Å². The minimum atomic E-state index is -0.836. The number of carbonyl (C=O) groups is 1. The Morgan fingerprint density at radius 2 is 1.58 bits per heavy atom. The van der Waals surface area contributed by atoms with Gasteiger partial charge in [0.1, 0.15) is 0 Å². The highest BCUT2D eigenvalue weighted by molar-refractivity contribution is 5.70. The minimum Gasteiger partial charge on any atom is -0.476 e. The van der Waals surface area contributed by atoms with Gasteiger partial charge in [0.25, 0.3) is 6.04 Å². The number of pyridine rings is 1. The third-order valence-corrected chi connectivity index (χ3v) is 2.95. The van der Waals surface area contributed by atoms with E-state index in [4.69, 9.17) is 5.11 Å². The first-order valence-corrected chi connectivity index (χ1v) is 6.13. The van der Waals surface area contributed by atoms with Gasteiger partial charge in [-0.15, -0.1) is 0 Å². The number of aliphatic carboxylic acids is 1. The molecule has 2 aromatic rings. The zero-order valence-electron chi connectivity index (χ0n) is 10.7. The lowest BCUT2D eigenvalue weighted by Gasteiger charge is -2.01. The number of hydrogen-bond acceptors (Lipinski definition) is 1. The number of carboxylic acid groups (broad SMARTS) is 1. The Hall–Kier alpha value is -2.42. The molecule has 0 bridgehead atoms. The number of hydrogen-bond donors (Lipinski definition) is 1. The molecule has 0 fully saturated rings. The molecule has 1 unspecified atom stereocenters. The van der Waals surface area contributed by atoms with Crippen molar-refractivity contribution in [3.63, 3.8) is 0 Å². The number of rotatable bonds is 4. The third-order valence-electron chi connectivity index (χ3n) is 2.95. The zero-order valence-corrected chi connectivity index (χ0v) is 10.7. The average Bonchev–Trinajstić information content (AvgIpc) is 2.46. The summed E-state index contributed by atoms with van der Waals surface area (Å²) in [7, 11) is 0. The van der Waals surface area contributed by atoms with Gasteiger partial charge in [-0.25, -0.2) is 4.79 Å². The van der Waals surface area contributed by atoms with E-state index in [1.54, 1.807) is 23.9 Å². The van der Waals surface area contributed by atoms with Gasteiger partial charge in [0.15, 0.2) is 12.4 Å². The van der Waals surface area contributed by atoms with E-state index in [0.29, 0.717) is 0 Å². The Labute approximate surface area is 112 Å². The van der Waals surface area contributed by atoms with Crippen LogP contribution in [0.1, 0.15) is 24.1 Å². The van der Waals surface area contributed by atoms with Gasteiger partial charge in [0, 0.05) is 19.1 Å². The van der Waals surface area contributed by atoms with E-state index < -0.39 is 12.0 Å². The van der Waals surface area contributed by atoms with Gasteiger partial charge in [0.05, 0.1) is 0 Å². The molecule has 1 aromatic carbocycles. The first-order chi connectivity index (χ1) is 9.16. The normalized spacial score (nSPS) is 12.5. The smallest absolute Gasteiger partial charge is 0.373 e. The predicted molar refractivity (Wildman–Crippen MR) is 74.4 cm³/mol. The maximum atomic E-state index is 10.9. The van der Waals surface area contributed by atoms with E-state index in [-0.39, 0.29) is 0 Å². The van der Waals surface area contributed by atoms with Gasteiger partial charge in [-0.05, 0) is 11.1 Å². The van der Waals surface area contributed by atoms with Crippen molar-refractivity contribution in [3.8, 4) is 0 Å². The summed E-state index contributed by atoms with van der Waals surface area (Å²) in [6, 6.07) is 13.3. The molecule has 1 aromatic heterocycles. The highest BCUT2D eigenvalue weighted by Crippen LogP contribution is 2.07. The molecular formula is C16H16NO2+. The second-order valence-electron chi connectivity index (χ2n) is 4.34. The molecule has 0 spiro atoms. The first-order valence-electron chi connectivity index (χ1n) is 6.13. The van der Waals surface area contributed by atoms with Crippen molar-refractivity contribution in [2.45, 2.75) is 13.0 Å². The van der Waals surface area contributed by atoms with Crippen LogP contribution < -0.4 is 4.57 Å². The van der Waals surface area contributed by atoms with E-state index in [2.05, 4.69) is 0 Å². The summed E-state index contributed by atoms with van der Waals surface area (Å²) < 4.78 is 1.67. The van der Waals surface area contributed by atoms with Crippen LogP contribution in [0.25, 0.3) is 12.2 Å².